The minimum absolute atomic E-state index is 0.154. The van der Waals surface area contributed by atoms with Crippen LogP contribution in [-0.4, -0.2) is 28.2 Å². The summed E-state index contributed by atoms with van der Waals surface area (Å²) in [5.74, 6) is -0.391. The van der Waals surface area contributed by atoms with Gasteiger partial charge >= 0.3 is 6.18 Å². The summed E-state index contributed by atoms with van der Waals surface area (Å²) in [6.45, 7) is 4.84. The molecule has 35 heavy (non-hydrogen) atoms. The van der Waals surface area contributed by atoms with Gasteiger partial charge in [-0.15, -0.1) is 0 Å². The Balaban J connectivity index is 1.68. The van der Waals surface area contributed by atoms with Gasteiger partial charge in [0.1, 0.15) is 5.82 Å². The number of hydrogen-bond donors (Lipinski definition) is 2. The van der Waals surface area contributed by atoms with Gasteiger partial charge in [0.05, 0.1) is 6.26 Å². The molecule has 4 aromatic rings. The number of fused-ring (bicyclic) bond motifs is 1. The Bertz CT molecular complexity index is 1380. The van der Waals surface area contributed by atoms with Crippen LogP contribution in [0.4, 0.5) is 17.6 Å². The quantitative estimate of drug-likeness (QED) is 0.220. The fourth-order valence-electron chi connectivity index (χ4n) is 4.83. The van der Waals surface area contributed by atoms with Crippen molar-refractivity contribution in [1.29, 1.82) is 0 Å². The predicted molar refractivity (Wildman–Crippen MR) is 125 cm³/mol. The predicted octanol–water partition coefficient (Wildman–Crippen LogP) is 6.89. The van der Waals surface area contributed by atoms with Crippen LogP contribution >= 0.6 is 0 Å². The van der Waals surface area contributed by atoms with Crippen molar-refractivity contribution in [3.8, 4) is 11.1 Å². The number of aliphatic hydroxyl groups is 1. The number of benzene rings is 2. The van der Waals surface area contributed by atoms with E-state index in [2.05, 4.69) is 4.98 Å². The van der Waals surface area contributed by atoms with E-state index in [0.717, 1.165) is 0 Å². The van der Waals surface area contributed by atoms with E-state index in [-0.39, 0.29) is 11.5 Å². The zero-order chi connectivity index (χ0) is 25.6. The summed E-state index contributed by atoms with van der Waals surface area (Å²) in [5.41, 5.74) is -1.13. The van der Waals surface area contributed by atoms with E-state index in [0.29, 0.717) is 39.4 Å². The number of nitrogens with one attached hydrogen (secondary N) is 1. The highest BCUT2D eigenvalue weighted by molar-refractivity contribution is 5.90. The molecule has 1 atom stereocenters. The normalized spacial score (nSPS) is 14.3. The van der Waals surface area contributed by atoms with Gasteiger partial charge in [-0.25, -0.2) is 4.39 Å². The molecule has 0 fully saturated rings. The second-order valence-corrected chi connectivity index (χ2v) is 9.64. The van der Waals surface area contributed by atoms with Crippen molar-refractivity contribution in [1.82, 2.24) is 4.98 Å². The average Bonchev–Trinajstić information content (AvgIpc) is 3.39. The fourth-order valence-corrected chi connectivity index (χ4v) is 4.83. The topological polar surface area (TPSA) is 66.2 Å². The van der Waals surface area contributed by atoms with Crippen molar-refractivity contribution in [2.24, 2.45) is 0 Å². The minimum atomic E-state index is -4.93. The molecule has 0 aliphatic rings. The van der Waals surface area contributed by atoms with Crippen LogP contribution < -0.4 is 0 Å². The summed E-state index contributed by atoms with van der Waals surface area (Å²) in [5, 5.41) is 11.6. The van der Waals surface area contributed by atoms with Crippen molar-refractivity contribution in [2.75, 3.05) is 0 Å². The molecule has 2 aromatic carbocycles. The summed E-state index contributed by atoms with van der Waals surface area (Å²) in [7, 11) is 0. The lowest BCUT2D eigenvalue weighted by Gasteiger charge is -2.38. The molecule has 0 saturated heterocycles. The molecule has 0 radical (unpaired) electrons. The lowest BCUT2D eigenvalue weighted by Crippen LogP contribution is -2.51. The Morgan fingerprint density at radius 1 is 1.06 bits per heavy atom. The Morgan fingerprint density at radius 2 is 1.80 bits per heavy atom. The molecule has 0 bridgehead atoms. The molecule has 2 N–H and O–H groups in total. The number of rotatable bonds is 7. The maximum absolute atomic E-state index is 14.2. The lowest BCUT2D eigenvalue weighted by molar-refractivity contribution is -0.266. The van der Waals surface area contributed by atoms with Crippen molar-refractivity contribution in [2.45, 2.75) is 50.8 Å². The number of hydrogen-bond acceptors (Lipinski definition) is 3. The maximum atomic E-state index is 14.2. The van der Waals surface area contributed by atoms with Gasteiger partial charge in [-0.05, 0) is 71.8 Å². The number of aromatic amines is 1. The van der Waals surface area contributed by atoms with E-state index < -0.39 is 35.9 Å². The molecule has 0 aliphatic heterocycles. The van der Waals surface area contributed by atoms with Crippen LogP contribution in [0.15, 0.2) is 59.2 Å². The van der Waals surface area contributed by atoms with Gasteiger partial charge in [0.25, 0.3) is 0 Å². The smallest absolute Gasteiger partial charge is 0.417 e. The molecule has 0 aliphatic carbocycles. The summed E-state index contributed by atoms with van der Waals surface area (Å²) in [6.07, 6.45) is -4.32. The maximum Gasteiger partial charge on any atom is 0.417 e. The van der Waals surface area contributed by atoms with E-state index >= 15 is 0 Å². The van der Waals surface area contributed by atoms with Crippen LogP contribution in [0.3, 0.4) is 0 Å². The molecule has 4 rings (SSSR count). The first-order chi connectivity index (χ1) is 16.3. The number of H-pyrrole nitrogens is 1. The van der Waals surface area contributed by atoms with Gasteiger partial charge in [-0.1, -0.05) is 26.0 Å². The first kappa shape index (κ1) is 24.7. The number of furan rings is 1. The Hall–Kier alpha value is -3.39. The van der Waals surface area contributed by atoms with Crippen LogP contribution in [0.25, 0.3) is 22.0 Å². The summed E-state index contributed by atoms with van der Waals surface area (Å²) >= 11 is 0. The number of aryl methyl sites for hydroxylation is 1. The van der Waals surface area contributed by atoms with Crippen molar-refractivity contribution in [3.05, 3.63) is 83.2 Å². The largest absolute Gasteiger partial charge is 0.461 e. The van der Waals surface area contributed by atoms with E-state index in [1.54, 1.807) is 51.1 Å². The molecule has 2 heterocycles. The second kappa shape index (κ2) is 8.68. The summed E-state index contributed by atoms with van der Waals surface area (Å²) in [4.78, 5) is 14.1. The molecule has 0 amide bonds. The average molecular weight is 487 g/mol. The highest BCUT2D eigenvalue weighted by atomic mass is 19.4. The van der Waals surface area contributed by atoms with Crippen LogP contribution in [0, 0.1) is 12.7 Å². The van der Waals surface area contributed by atoms with Crippen molar-refractivity contribution < 1.29 is 31.9 Å². The number of aldehydes is 1. The molecule has 184 valence electrons. The molecule has 0 saturated carbocycles. The Labute approximate surface area is 199 Å². The molecular formula is C27H25F4NO3. The van der Waals surface area contributed by atoms with Crippen molar-refractivity contribution >= 4 is 17.2 Å². The number of halogens is 4. The fraction of sp³-hybridized carbons (Fsp3) is 0.296. The number of carbonyl (C=O) groups is 1. The van der Waals surface area contributed by atoms with Crippen LogP contribution in [0.1, 0.15) is 47.6 Å². The van der Waals surface area contributed by atoms with Gasteiger partial charge in [-0.3, -0.25) is 4.79 Å². The zero-order valence-corrected chi connectivity index (χ0v) is 19.5. The molecule has 1 unspecified atom stereocenters. The van der Waals surface area contributed by atoms with E-state index in [1.165, 1.54) is 24.5 Å². The standard InChI is InChI=1S/C27H25F4NO3/c1-16-4-6-19(28)12-22(16)25(2,3)15-26(34,27(29,30)31)13-20-11-18-10-17(5-7-23(18)32-20)21-8-9-35-24(21)14-33/h4-12,14,32,34H,13,15H2,1-3H3. The third-order valence-electron chi connectivity index (χ3n) is 6.46. The second-order valence-electron chi connectivity index (χ2n) is 9.64. The lowest BCUT2D eigenvalue weighted by atomic mass is 9.72. The van der Waals surface area contributed by atoms with Crippen LogP contribution in [0.2, 0.25) is 0 Å². The Morgan fingerprint density at radius 3 is 2.49 bits per heavy atom. The third-order valence-corrected chi connectivity index (χ3v) is 6.46. The van der Waals surface area contributed by atoms with Crippen molar-refractivity contribution in [3.63, 3.8) is 0 Å². The SMILES string of the molecule is Cc1ccc(F)cc1C(C)(C)CC(O)(Cc1cc2cc(-c3ccoc3C=O)ccc2[nH]1)C(F)(F)F. The molecule has 8 heteroatoms. The molecule has 0 spiro atoms. The molecule has 2 aromatic heterocycles. The summed E-state index contributed by atoms with van der Waals surface area (Å²) < 4.78 is 61.7. The van der Waals surface area contributed by atoms with Gasteiger partial charge in [0, 0.05) is 28.6 Å². The van der Waals surface area contributed by atoms with Gasteiger partial charge < -0.3 is 14.5 Å². The molecular weight excluding hydrogens is 462 g/mol. The van der Waals surface area contributed by atoms with E-state index in [1.807, 2.05) is 0 Å². The molecule has 4 nitrogen and oxygen atoms in total. The highest BCUT2D eigenvalue weighted by Gasteiger charge is 2.56. The number of alkyl halides is 3. The first-order valence-corrected chi connectivity index (χ1v) is 11.0. The number of carbonyl (C=O) groups excluding carboxylic acids is 1. The monoisotopic (exact) mass is 487 g/mol. The van der Waals surface area contributed by atoms with Crippen LogP contribution in [-0.2, 0) is 11.8 Å². The van der Waals surface area contributed by atoms with E-state index in [4.69, 9.17) is 4.42 Å². The summed E-state index contributed by atoms with van der Waals surface area (Å²) in [6, 6.07) is 12.3. The number of aromatic nitrogens is 1. The minimum Gasteiger partial charge on any atom is -0.461 e. The third kappa shape index (κ3) is 4.75. The van der Waals surface area contributed by atoms with Gasteiger partial charge in [-0.2, -0.15) is 13.2 Å². The zero-order valence-electron chi connectivity index (χ0n) is 19.5. The highest BCUT2D eigenvalue weighted by Crippen LogP contribution is 2.44. The first-order valence-electron chi connectivity index (χ1n) is 11.0. The van der Waals surface area contributed by atoms with Gasteiger partial charge in [0.2, 0.25) is 0 Å². The Kier molecular flexibility index (Phi) is 6.13. The van der Waals surface area contributed by atoms with Crippen LogP contribution in [0.5, 0.6) is 0 Å². The van der Waals surface area contributed by atoms with Gasteiger partial charge in [0.15, 0.2) is 17.6 Å². The van der Waals surface area contributed by atoms with E-state index in [9.17, 15) is 27.5 Å².